The topological polar surface area (TPSA) is 160 Å². The van der Waals surface area contributed by atoms with Crippen molar-refractivity contribution in [2.24, 2.45) is 5.73 Å². The highest BCUT2D eigenvalue weighted by atomic mass is 32.2. The number of anilines is 1. The smallest absolute Gasteiger partial charge is 0.408 e. The van der Waals surface area contributed by atoms with E-state index in [0.717, 1.165) is 16.7 Å². The number of carbonyl (C=O) groups is 4. The normalized spacial score (nSPS) is 13.2. The van der Waals surface area contributed by atoms with Crippen LogP contribution in [0.25, 0.3) is 10.8 Å². The summed E-state index contributed by atoms with van der Waals surface area (Å²) in [5.74, 6) is -2.27. The fraction of sp³-hybridized carbons (Fsp3) is 0.273. The summed E-state index contributed by atoms with van der Waals surface area (Å²) in [6.07, 6.45) is -0.790. The number of thioether (sulfide) groups is 2. The molecule has 0 bridgehead atoms. The lowest BCUT2D eigenvalue weighted by Crippen LogP contribution is -2.49. The number of alkyl carbamates (subject to hydrolysis) is 1. The molecule has 0 spiro atoms. The number of Topliss-reactive ketones (excluding diaryl/α,β-unsaturated/α-hetero) is 1. The molecule has 0 aliphatic rings. The number of ketones is 1. The van der Waals surface area contributed by atoms with Gasteiger partial charge in [0.1, 0.15) is 17.7 Å². The summed E-state index contributed by atoms with van der Waals surface area (Å²) in [6.45, 7) is 5.10. The minimum absolute atomic E-state index is 0.0658. The highest BCUT2D eigenvalue weighted by Crippen LogP contribution is 2.48. The first-order chi connectivity index (χ1) is 26.8. The first-order valence-electron chi connectivity index (χ1n) is 18.1. The molecular weight excluding hydrogens is 747 g/mol. The van der Waals surface area contributed by atoms with Gasteiger partial charge in [-0.05, 0) is 73.4 Å². The van der Waals surface area contributed by atoms with Crippen molar-refractivity contribution in [3.8, 4) is 0 Å². The van der Waals surface area contributed by atoms with Crippen LogP contribution in [0.2, 0.25) is 0 Å². The summed E-state index contributed by atoms with van der Waals surface area (Å²) in [4.78, 5) is 55.5. The number of fused-ring (bicyclic) bond motifs is 1. The Balaban J connectivity index is 1.56. The summed E-state index contributed by atoms with van der Waals surface area (Å²) in [6, 6.07) is 37.0. The molecule has 5 N–H and O–H groups in total. The van der Waals surface area contributed by atoms with Gasteiger partial charge in [0.25, 0.3) is 0 Å². The lowest BCUT2D eigenvalue weighted by molar-refractivity contribution is -0.181. The Labute approximate surface area is 336 Å². The van der Waals surface area contributed by atoms with E-state index in [-0.39, 0.29) is 17.7 Å². The lowest BCUT2D eigenvalue weighted by Gasteiger charge is -2.36. The van der Waals surface area contributed by atoms with Gasteiger partial charge in [0.05, 0.1) is 4.75 Å². The molecule has 0 aliphatic heterocycles. The van der Waals surface area contributed by atoms with Crippen LogP contribution in [0.4, 0.5) is 10.5 Å². The molecular formula is C44H47N3O7S2. The van der Waals surface area contributed by atoms with Crippen LogP contribution in [-0.2, 0) is 28.5 Å². The van der Waals surface area contributed by atoms with Crippen LogP contribution in [-0.4, -0.2) is 65.6 Å². The number of esters is 2. The van der Waals surface area contributed by atoms with Crippen molar-refractivity contribution >= 4 is 63.8 Å². The summed E-state index contributed by atoms with van der Waals surface area (Å²) in [7, 11) is 0. The van der Waals surface area contributed by atoms with Crippen molar-refractivity contribution in [3.63, 3.8) is 0 Å². The average Bonchev–Trinajstić information content (AvgIpc) is 3.20. The van der Waals surface area contributed by atoms with Gasteiger partial charge in [-0.25, -0.2) is 9.59 Å². The number of hydrogen-bond acceptors (Lipinski definition) is 11. The Morgan fingerprint density at radius 1 is 0.696 bits per heavy atom. The molecule has 12 heteroatoms. The van der Waals surface area contributed by atoms with Gasteiger partial charge in [-0.15, -0.1) is 11.8 Å². The van der Waals surface area contributed by atoms with Gasteiger partial charge in [0.2, 0.25) is 5.78 Å². The molecule has 0 saturated heterocycles. The molecule has 0 saturated carbocycles. The van der Waals surface area contributed by atoms with E-state index >= 15 is 0 Å². The average molecular weight is 794 g/mol. The van der Waals surface area contributed by atoms with E-state index in [1.807, 2.05) is 97.3 Å². The second kappa shape index (κ2) is 19.0. The molecule has 5 aromatic rings. The van der Waals surface area contributed by atoms with Crippen molar-refractivity contribution in [1.29, 1.82) is 0 Å². The molecule has 0 heterocycles. The van der Waals surface area contributed by atoms with Crippen molar-refractivity contribution in [3.05, 3.63) is 150 Å². The quantitative estimate of drug-likeness (QED) is 0.0295. The number of amides is 1. The third-order valence-electron chi connectivity index (χ3n) is 8.80. The molecule has 0 radical (unpaired) electrons. The summed E-state index contributed by atoms with van der Waals surface area (Å²) in [5, 5.41) is 3.73. The number of nitrogens with one attached hydrogen (secondary N) is 1. The molecule has 5 aromatic carbocycles. The van der Waals surface area contributed by atoms with E-state index in [0.29, 0.717) is 22.2 Å². The number of nitrogens with two attached hydrogens (primary N) is 2. The summed E-state index contributed by atoms with van der Waals surface area (Å²) in [5.41, 5.74) is 14.8. The predicted octanol–water partition coefficient (Wildman–Crippen LogP) is 7.72. The molecule has 0 aliphatic carbocycles. The fourth-order valence-corrected chi connectivity index (χ4v) is 8.17. The van der Waals surface area contributed by atoms with Crippen molar-refractivity contribution in [1.82, 2.24) is 5.32 Å². The fourth-order valence-electron chi connectivity index (χ4n) is 6.13. The van der Waals surface area contributed by atoms with Crippen LogP contribution in [0.15, 0.2) is 127 Å². The molecule has 3 atom stereocenters. The van der Waals surface area contributed by atoms with Gasteiger partial charge in [0, 0.05) is 22.4 Å². The monoisotopic (exact) mass is 793 g/mol. The number of nitrogen functional groups attached to an aromatic ring is 1. The maximum Gasteiger partial charge on any atom is 0.408 e. The van der Waals surface area contributed by atoms with Gasteiger partial charge >= 0.3 is 24.3 Å². The number of ether oxygens (including phenoxy) is 3. The Hall–Kier alpha value is -5.30. The summed E-state index contributed by atoms with van der Waals surface area (Å²) < 4.78 is 16.1. The van der Waals surface area contributed by atoms with E-state index in [2.05, 4.69) is 5.32 Å². The van der Waals surface area contributed by atoms with E-state index in [9.17, 15) is 19.2 Å². The molecule has 5 rings (SSSR count). The number of rotatable bonds is 16. The lowest BCUT2D eigenvalue weighted by atomic mass is 9.84. The zero-order chi connectivity index (χ0) is 40.3. The Morgan fingerprint density at radius 3 is 1.71 bits per heavy atom. The van der Waals surface area contributed by atoms with Crippen LogP contribution >= 0.6 is 23.5 Å². The van der Waals surface area contributed by atoms with Crippen molar-refractivity contribution in [2.75, 3.05) is 23.5 Å². The van der Waals surface area contributed by atoms with E-state index in [1.165, 1.54) is 29.6 Å². The van der Waals surface area contributed by atoms with Crippen LogP contribution in [0.3, 0.4) is 0 Å². The SMILES string of the molecule is CSCCC(N)C(=O)OC(OC(=O)C(CSC(c1ccccc1)(c1ccccc1)c1ccccc1)NC(=O)OC(C)(C)C)C(=O)c1ccc(N)c2ccccc12. The van der Waals surface area contributed by atoms with Crippen LogP contribution in [0, 0.1) is 0 Å². The maximum atomic E-state index is 14.5. The van der Waals surface area contributed by atoms with Crippen LogP contribution < -0.4 is 16.8 Å². The van der Waals surface area contributed by atoms with Crippen LogP contribution in [0.5, 0.6) is 0 Å². The summed E-state index contributed by atoms with van der Waals surface area (Å²) >= 11 is 2.88. The highest BCUT2D eigenvalue weighted by Gasteiger charge is 2.41. The molecule has 56 heavy (non-hydrogen) atoms. The number of hydrogen-bond donors (Lipinski definition) is 3. The highest BCUT2D eigenvalue weighted by molar-refractivity contribution is 8.00. The van der Waals surface area contributed by atoms with Crippen LogP contribution in [0.1, 0.15) is 54.2 Å². The largest absolute Gasteiger partial charge is 0.444 e. The molecule has 292 valence electrons. The molecule has 10 nitrogen and oxygen atoms in total. The van der Waals surface area contributed by atoms with Gasteiger partial charge in [-0.1, -0.05) is 115 Å². The van der Waals surface area contributed by atoms with Gasteiger partial charge in [0.15, 0.2) is 0 Å². The zero-order valence-electron chi connectivity index (χ0n) is 31.8. The number of benzene rings is 5. The predicted molar refractivity (Wildman–Crippen MR) is 224 cm³/mol. The Morgan fingerprint density at radius 2 is 1.20 bits per heavy atom. The molecule has 0 fully saturated rings. The second-order valence-corrected chi connectivity index (χ2v) is 16.2. The van der Waals surface area contributed by atoms with Gasteiger partial charge in [-0.3, -0.25) is 9.59 Å². The van der Waals surface area contributed by atoms with Gasteiger partial charge < -0.3 is 31.0 Å². The van der Waals surface area contributed by atoms with Crippen molar-refractivity contribution < 1.29 is 33.4 Å². The number of carbonyl (C=O) groups excluding carboxylic acids is 4. The standard InChI is InChI=1S/C44H47N3O7S2/c1-43(2,3)54-42(51)47-37(28-56-44(29-16-8-5-9-17-29,30-18-10-6-11-19-30)31-20-12-7-13-21-31)40(50)53-41(52-39(49)36(46)26-27-55-4)38(48)34-24-25-35(45)33-23-15-14-22-32(33)34/h5-25,36-37,41H,26-28,45-46H2,1-4H3,(H,47,51). The molecule has 1 amide bonds. The maximum absolute atomic E-state index is 14.5. The first-order valence-corrected chi connectivity index (χ1v) is 20.5. The van der Waals surface area contributed by atoms with E-state index in [1.54, 1.807) is 51.1 Å². The Bertz CT molecular complexity index is 2020. The van der Waals surface area contributed by atoms with E-state index < -0.39 is 52.5 Å². The minimum Gasteiger partial charge on any atom is -0.444 e. The second-order valence-electron chi connectivity index (χ2n) is 14.0. The minimum atomic E-state index is -2.04. The van der Waals surface area contributed by atoms with E-state index in [4.69, 9.17) is 25.7 Å². The third kappa shape index (κ3) is 10.3. The Kier molecular flexibility index (Phi) is 14.2. The zero-order valence-corrected chi connectivity index (χ0v) is 33.4. The molecule has 3 unspecified atom stereocenters. The third-order valence-corrected chi connectivity index (χ3v) is 11.1. The van der Waals surface area contributed by atoms with Crippen molar-refractivity contribution in [2.45, 2.75) is 55.9 Å². The van der Waals surface area contributed by atoms with Gasteiger partial charge in [-0.2, -0.15) is 11.8 Å². The molecule has 0 aromatic heterocycles. The first kappa shape index (κ1) is 41.9.